The Morgan fingerprint density at radius 3 is 2.38 bits per heavy atom. The van der Waals surface area contributed by atoms with E-state index in [0.29, 0.717) is 35.4 Å². The summed E-state index contributed by atoms with van der Waals surface area (Å²) in [6.45, 7) is 0.168. The van der Waals surface area contributed by atoms with Gasteiger partial charge in [0.15, 0.2) is 0 Å². The number of aromatic carboxylic acids is 1. The van der Waals surface area contributed by atoms with Crippen LogP contribution in [-0.2, 0) is 23.2 Å². The Morgan fingerprint density at radius 1 is 0.860 bits per heavy atom. The molecule has 50 heavy (non-hydrogen) atoms. The van der Waals surface area contributed by atoms with Gasteiger partial charge < -0.3 is 29.8 Å². The van der Waals surface area contributed by atoms with Crippen molar-refractivity contribution in [3.8, 4) is 11.3 Å². The van der Waals surface area contributed by atoms with E-state index < -0.39 is 11.5 Å². The Kier molecular flexibility index (Phi) is 7.77. The van der Waals surface area contributed by atoms with Gasteiger partial charge in [0.25, 0.3) is 5.91 Å². The van der Waals surface area contributed by atoms with Gasteiger partial charge in [-0.2, -0.15) is 0 Å². The Hall–Kier alpha value is -5.38. The number of carboxylic acid groups (broad SMARTS) is 1. The van der Waals surface area contributed by atoms with Gasteiger partial charge in [-0.15, -0.1) is 0 Å². The average molecular weight is 672 g/mol. The molecule has 256 valence electrons. The van der Waals surface area contributed by atoms with Crippen molar-refractivity contribution in [2.24, 2.45) is 7.05 Å². The molecule has 0 radical (unpaired) electrons. The van der Waals surface area contributed by atoms with Gasteiger partial charge in [0.1, 0.15) is 17.8 Å². The maximum absolute atomic E-state index is 14.1. The van der Waals surface area contributed by atoms with E-state index in [1.807, 2.05) is 43.4 Å². The minimum atomic E-state index is -1.09. The summed E-state index contributed by atoms with van der Waals surface area (Å²) in [6.07, 6.45) is 8.38. The van der Waals surface area contributed by atoms with E-state index in [0.717, 1.165) is 59.0 Å². The third kappa shape index (κ3) is 5.16. The fourth-order valence-electron chi connectivity index (χ4n) is 8.68. The monoisotopic (exact) mass is 671 g/mol. The Morgan fingerprint density at radius 2 is 1.62 bits per heavy atom. The van der Waals surface area contributed by atoms with E-state index in [4.69, 9.17) is 0 Å². The smallest absolute Gasteiger partial charge is 0.352 e. The van der Waals surface area contributed by atoms with Crippen LogP contribution in [-0.4, -0.2) is 50.5 Å². The second-order valence-corrected chi connectivity index (χ2v) is 14.2. The molecule has 0 bridgehead atoms. The zero-order chi connectivity index (χ0) is 34.7. The lowest BCUT2D eigenvalue weighted by atomic mass is 9.81. The number of carbonyl (C=O) groups excluding carboxylic acids is 3. The summed E-state index contributed by atoms with van der Waals surface area (Å²) in [7, 11) is 3.52. The number of rotatable bonds is 6. The number of aryl methyl sites for hydroxylation is 1. The number of likely N-dealkylation sites (N-methyl/N-ethyl adjacent to an activating group) is 1. The zero-order valence-electron chi connectivity index (χ0n) is 28.4. The summed E-state index contributed by atoms with van der Waals surface area (Å²) in [4.78, 5) is 55.0. The Bertz CT molecular complexity index is 2220. The average Bonchev–Trinajstić information content (AvgIpc) is 3.80. The molecule has 2 aromatic heterocycles. The maximum atomic E-state index is 14.1. The van der Waals surface area contributed by atoms with Crippen LogP contribution >= 0.6 is 0 Å². The predicted molar refractivity (Wildman–Crippen MR) is 194 cm³/mol. The van der Waals surface area contributed by atoms with Crippen molar-refractivity contribution in [3.63, 3.8) is 0 Å². The first kappa shape index (κ1) is 31.9. The summed E-state index contributed by atoms with van der Waals surface area (Å²) in [5, 5.41) is 17.5. The van der Waals surface area contributed by atoms with Crippen LogP contribution in [0.4, 0.5) is 11.4 Å². The Balaban J connectivity index is 1.14. The molecule has 3 N–H and O–H groups in total. The van der Waals surface area contributed by atoms with Crippen LogP contribution < -0.4 is 15.5 Å². The van der Waals surface area contributed by atoms with E-state index in [-0.39, 0.29) is 30.0 Å². The first-order valence-corrected chi connectivity index (χ1v) is 17.6. The number of anilines is 2. The number of nitrogens with one attached hydrogen (secondary N) is 2. The van der Waals surface area contributed by atoms with E-state index >= 15 is 0 Å². The number of carboxylic acids is 1. The minimum Gasteiger partial charge on any atom is -0.477 e. The van der Waals surface area contributed by atoms with Crippen LogP contribution in [0.5, 0.6) is 0 Å². The molecule has 3 aromatic carbocycles. The molecule has 1 aliphatic heterocycles. The molecule has 3 aliphatic rings. The van der Waals surface area contributed by atoms with Crippen molar-refractivity contribution in [2.45, 2.75) is 75.8 Å². The molecule has 2 fully saturated rings. The number of hydrogen-bond acceptors (Lipinski definition) is 4. The molecule has 8 rings (SSSR count). The topological polar surface area (TPSA) is 126 Å². The van der Waals surface area contributed by atoms with Gasteiger partial charge in [-0.3, -0.25) is 14.4 Å². The van der Waals surface area contributed by atoms with Crippen LogP contribution in [0.25, 0.3) is 33.1 Å². The molecule has 0 saturated heterocycles. The van der Waals surface area contributed by atoms with Gasteiger partial charge in [0.05, 0.1) is 16.9 Å². The Labute approximate surface area is 290 Å². The number of hydrogen-bond donors (Lipinski definition) is 3. The summed E-state index contributed by atoms with van der Waals surface area (Å²) >= 11 is 0. The van der Waals surface area contributed by atoms with Gasteiger partial charge in [-0.25, -0.2) is 4.79 Å². The molecule has 2 saturated carbocycles. The third-order valence-electron chi connectivity index (χ3n) is 11.3. The van der Waals surface area contributed by atoms with E-state index in [2.05, 4.69) is 21.3 Å². The van der Waals surface area contributed by atoms with Gasteiger partial charge in [-0.1, -0.05) is 56.4 Å². The number of para-hydroxylation sites is 1. The molecule has 3 amide bonds. The molecule has 0 atom stereocenters. The third-order valence-corrected chi connectivity index (χ3v) is 11.3. The molecule has 0 unspecified atom stereocenters. The fraction of sp³-hybridized carbons (Fsp3) is 0.350. The van der Waals surface area contributed by atoms with Crippen LogP contribution in [0.1, 0.15) is 90.1 Å². The number of benzene rings is 3. The molecular weight excluding hydrogens is 630 g/mol. The highest BCUT2D eigenvalue weighted by Crippen LogP contribution is 2.47. The minimum absolute atomic E-state index is 0.0207. The highest BCUT2D eigenvalue weighted by molar-refractivity contribution is 6.08. The second kappa shape index (κ2) is 12.2. The maximum Gasteiger partial charge on any atom is 0.352 e. The highest BCUT2D eigenvalue weighted by atomic mass is 16.4. The van der Waals surface area contributed by atoms with Crippen LogP contribution in [0.2, 0.25) is 0 Å². The zero-order valence-corrected chi connectivity index (χ0v) is 28.4. The fourth-order valence-corrected chi connectivity index (χ4v) is 8.68. The molecule has 5 aromatic rings. The largest absolute Gasteiger partial charge is 0.477 e. The first-order chi connectivity index (χ1) is 24.1. The van der Waals surface area contributed by atoms with Crippen LogP contribution in [0.15, 0.2) is 66.7 Å². The van der Waals surface area contributed by atoms with Gasteiger partial charge in [0.2, 0.25) is 11.8 Å². The second-order valence-electron chi connectivity index (χ2n) is 14.2. The van der Waals surface area contributed by atoms with Crippen LogP contribution in [0.3, 0.4) is 0 Å². The number of amides is 3. The SMILES string of the molecule is CN1C(=O)Cn2c(c(C3CCCCC3)c3ccc(C(=O)NC4(C(=O)Nc5ccc6c(c5)cc(C(=O)O)n6C)CCCC4)cc32)-c2ccccc21. The lowest BCUT2D eigenvalue weighted by Crippen LogP contribution is -2.55. The van der Waals surface area contributed by atoms with E-state index in [9.17, 15) is 24.3 Å². The van der Waals surface area contributed by atoms with Gasteiger partial charge >= 0.3 is 5.97 Å². The van der Waals surface area contributed by atoms with E-state index in [1.165, 1.54) is 24.8 Å². The molecule has 0 spiro atoms. The molecular formula is C40H41N5O5. The number of nitrogens with zero attached hydrogens (tertiary/aromatic N) is 3. The number of fused-ring (bicyclic) bond motifs is 6. The normalized spacial score (nSPS) is 17.4. The first-order valence-electron chi connectivity index (χ1n) is 17.6. The van der Waals surface area contributed by atoms with Gasteiger partial charge in [0, 0.05) is 47.2 Å². The lowest BCUT2D eigenvalue weighted by Gasteiger charge is -2.29. The summed E-state index contributed by atoms with van der Waals surface area (Å²) in [6, 6.07) is 20.8. The summed E-state index contributed by atoms with van der Waals surface area (Å²) in [5.41, 5.74) is 5.88. The summed E-state index contributed by atoms with van der Waals surface area (Å²) in [5.74, 6) is -1.30. The quantitative estimate of drug-likeness (QED) is 0.176. The van der Waals surface area contributed by atoms with Crippen molar-refractivity contribution >= 4 is 56.9 Å². The van der Waals surface area contributed by atoms with Crippen molar-refractivity contribution in [2.75, 3.05) is 17.3 Å². The van der Waals surface area contributed by atoms with E-state index in [1.54, 1.807) is 40.8 Å². The molecule has 2 aliphatic carbocycles. The van der Waals surface area contributed by atoms with Crippen molar-refractivity contribution in [1.29, 1.82) is 0 Å². The molecule has 3 heterocycles. The van der Waals surface area contributed by atoms with Crippen molar-refractivity contribution in [1.82, 2.24) is 14.5 Å². The molecule has 10 nitrogen and oxygen atoms in total. The molecule has 10 heteroatoms. The van der Waals surface area contributed by atoms with Crippen LogP contribution in [0, 0.1) is 0 Å². The van der Waals surface area contributed by atoms with Gasteiger partial charge in [-0.05, 0) is 79.6 Å². The lowest BCUT2D eigenvalue weighted by molar-refractivity contribution is -0.122. The highest BCUT2D eigenvalue weighted by Gasteiger charge is 2.43. The standard InChI is InChI=1S/C40H41N5O5/c1-43-30-17-15-27(20-26(30)22-33(43)38(48)49)41-39(50)40(18-8-9-19-40)42-37(47)25-14-16-28-32(21-25)45-23-34(46)44(2)31-13-7-6-12-29(31)36(45)35(28)24-10-4-3-5-11-24/h6-7,12-17,20-22,24H,3-5,8-11,18-19,23H2,1-2H3,(H,41,50)(H,42,47)(H,48,49). The van der Waals surface area contributed by atoms with Crippen molar-refractivity contribution < 1.29 is 24.3 Å². The predicted octanol–water partition coefficient (Wildman–Crippen LogP) is 7.20. The summed E-state index contributed by atoms with van der Waals surface area (Å²) < 4.78 is 3.71. The van der Waals surface area contributed by atoms with Crippen molar-refractivity contribution in [3.05, 3.63) is 83.6 Å². The number of aromatic nitrogens is 2. The number of carbonyl (C=O) groups is 4.